The van der Waals surface area contributed by atoms with Gasteiger partial charge in [-0.05, 0) is 62.2 Å². The fourth-order valence-electron chi connectivity index (χ4n) is 3.82. The number of anilines is 1. The maximum atomic E-state index is 15.2. The lowest BCUT2D eigenvalue weighted by molar-refractivity contribution is 0.102. The van der Waals surface area contributed by atoms with Gasteiger partial charge in [-0.25, -0.2) is 18.7 Å². The van der Waals surface area contributed by atoms with Gasteiger partial charge < -0.3 is 16.0 Å². The third kappa shape index (κ3) is 5.77. The normalized spacial score (nSPS) is 19.9. The first kappa shape index (κ1) is 25.0. The Morgan fingerprint density at radius 2 is 2.11 bits per heavy atom. The molecule has 3 heterocycles. The zero-order chi connectivity index (χ0) is 25.0. The SMILES string of the molecule is CN1S[C@@H](CCNCc2cscn2)[C@@](C)(c2cc(NC(=O)c3ccc(F)cn3)ccc2F)NC1=N. The molecule has 2 atom stereocenters. The van der Waals surface area contributed by atoms with Crippen LogP contribution in [0.4, 0.5) is 14.5 Å². The molecule has 4 N–H and O–H groups in total. The van der Waals surface area contributed by atoms with E-state index < -0.39 is 23.1 Å². The lowest BCUT2D eigenvalue weighted by Crippen LogP contribution is -2.59. The molecule has 184 valence electrons. The first-order valence-electron chi connectivity index (χ1n) is 10.8. The van der Waals surface area contributed by atoms with Crippen LogP contribution in [0, 0.1) is 17.0 Å². The zero-order valence-electron chi connectivity index (χ0n) is 19.1. The highest BCUT2D eigenvalue weighted by Crippen LogP contribution is 2.41. The van der Waals surface area contributed by atoms with E-state index in [2.05, 4.69) is 25.9 Å². The predicted molar refractivity (Wildman–Crippen MR) is 134 cm³/mol. The molecule has 35 heavy (non-hydrogen) atoms. The molecule has 1 fully saturated rings. The average Bonchev–Trinajstić information content (AvgIpc) is 3.35. The lowest BCUT2D eigenvalue weighted by atomic mass is 9.85. The fraction of sp³-hybridized carbons (Fsp3) is 0.304. The quantitative estimate of drug-likeness (QED) is 0.265. The van der Waals surface area contributed by atoms with Crippen LogP contribution >= 0.6 is 23.3 Å². The van der Waals surface area contributed by atoms with E-state index >= 15 is 4.39 Å². The minimum Gasteiger partial charge on any atom is -0.345 e. The Morgan fingerprint density at radius 1 is 1.29 bits per heavy atom. The zero-order valence-corrected chi connectivity index (χ0v) is 20.8. The Hall–Kier alpha value is -3.09. The number of carbonyl (C=O) groups excluding carboxylic acids is 1. The Morgan fingerprint density at radius 3 is 2.83 bits per heavy atom. The molecule has 3 aromatic rings. The van der Waals surface area contributed by atoms with Crippen molar-refractivity contribution >= 4 is 40.8 Å². The number of hydrogen-bond acceptors (Lipinski definition) is 7. The van der Waals surface area contributed by atoms with Gasteiger partial charge in [0.1, 0.15) is 17.3 Å². The molecular formula is C23H25F2N7OS2. The summed E-state index contributed by atoms with van der Waals surface area (Å²) in [5.74, 6) is -1.36. The first-order chi connectivity index (χ1) is 16.8. The van der Waals surface area contributed by atoms with E-state index in [1.807, 2.05) is 12.3 Å². The van der Waals surface area contributed by atoms with Gasteiger partial charge in [0, 0.05) is 30.2 Å². The summed E-state index contributed by atoms with van der Waals surface area (Å²) in [6.07, 6.45) is 1.65. The molecule has 1 aliphatic heterocycles. The molecule has 2 aromatic heterocycles. The van der Waals surface area contributed by atoms with E-state index in [1.165, 1.54) is 30.1 Å². The monoisotopic (exact) mass is 517 g/mol. The molecule has 1 amide bonds. The minimum absolute atomic E-state index is 0.0438. The van der Waals surface area contributed by atoms with E-state index in [0.29, 0.717) is 30.8 Å². The van der Waals surface area contributed by atoms with Gasteiger partial charge in [-0.2, -0.15) is 0 Å². The topological polar surface area (TPSA) is 106 Å². The third-order valence-corrected chi connectivity index (χ3v) is 7.83. The Labute approximate surface area is 210 Å². The summed E-state index contributed by atoms with van der Waals surface area (Å²) in [5, 5.41) is 19.4. The smallest absolute Gasteiger partial charge is 0.274 e. The van der Waals surface area contributed by atoms with E-state index in [9.17, 15) is 9.18 Å². The van der Waals surface area contributed by atoms with E-state index in [1.54, 1.807) is 34.3 Å². The van der Waals surface area contributed by atoms with Gasteiger partial charge in [-0.15, -0.1) is 11.3 Å². The lowest BCUT2D eigenvalue weighted by Gasteiger charge is -2.46. The van der Waals surface area contributed by atoms with Crippen LogP contribution in [0.1, 0.15) is 35.1 Å². The minimum atomic E-state index is -0.921. The number of pyridine rings is 1. The number of thiazole rings is 1. The van der Waals surface area contributed by atoms with Gasteiger partial charge in [0.15, 0.2) is 0 Å². The molecule has 8 nitrogen and oxygen atoms in total. The summed E-state index contributed by atoms with van der Waals surface area (Å²) < 4.78 is 30.0. The van der Waals surface area contributed by atoms with Gasteiger partial charge in [-0.3, -0.25) is 14.5 Å². The number of nitrogens with one attached hydrogen (secondary N) is 4. The van der Waals surface area contributed by atoms with Crippen LogP contribution in [0.15, 0.2) is 47.4 Å². The second kappa shape index (κ2) is 10.7. The van der Waals surface area contributed by atoms with E-state index in [-0.39, 0.29) is 16.9 Å². The molecule has 0 spiro atoms. The third-order valence-electron chi connectivity index (χ3n) is 5.74. The number of amides is 1. The van der Waals surface area contributed by atoms with Gasteiger partial charge in [0.05, 0.1) is 28.2 Å². The van der Waals surface area contributed by atoms with Crippen LogP contribution < -0.4 is 16.0 Å². The van der Waals surface area contributed by atoms with Crippen molar-refractivity contribution in [1.82, 2.24) is 24.9 Å². The van der Waals surface area contributed by atoms with Crippen LogP contribution in [0.3, 0.4) is 0 Å². The van der Waals surface area contributed by atoms with Gasteiger partial charge in [0.25, 0.3) is 5.91 Å². The summed E-state index contributed by atoms with van der Waals surface area (Å²) in [7, 11) is 1.79. The van der Waals surface area contributed by atoms with Crippen molar-refractivity contribution in [3.63, 3.8) is 0 Å². The van der Waals surface area contributed by atoms with Crippen LogP contribution in [-0.4, -0.2) is 45.0 Å². The second-order valence-corrected chi connectivity index (χ2v) is 10.3. The summed E-state index contributed by atoms with van der Waals surface area (Å²) in [4.78, 5) is 20.6. The number of guanidine groups is 1. The highest BCUT2D eigenvalue weighted by atomic mass is 32.2. The molecule has 0 aliphatic carbocycles. The van der Waals surface area contributed by atoms with Crippen LogP contribution in [0.5, 0.6) is 0 Å². The Bertz CT molecular complexity index is 1190. The molecule has 0 radical (unpaired) electrons. The van der Waals surface area contributed by atoms with Crippen molar-refractivity contribution in [2.45, 2.75) is 30.7 Å². The fourth-order valence-corrected chi connectivity index (χ4v) is 5.53. The number of halogens is 2. The summed E-state index contributed by atoms with van der Waals surface area (Å²) >= 11 is 3.01. The van der Waals surface area contributed by atoms with E-state index in [4.69, 9.17) is 5.41 Å². The molecule has 0 saturated carbocycles. The Kier molecular flexibility index (Phi) is 7.63. The van der Waals surface area contributed by atoms with Crippen molar-refractivity contribution < 1.29 is 13.6 Å². The average molecular weight is 518 g/mol. The molecule has 1 aromatic carbocycles. The van der Waals surface area contributed by atoms with Gasteiger partial charge >= 0.3 is 0 Å². The van der Waals surface area contributed by atoms with Crippen molar-refractivity contribution in [2.24, 2.45) is 0 Å². The molecule has 0 unspecified atom stereocenters. The molecule has 1 saturated heterocycles. The molecule has 4 rings (SSSR count). The second-order valence-electron chi connectivity index (χ2n) is 8.22. The molecule has 12 heteroatoms. The predicted octanol–water partition coefficient (Wildman–Crippen LogP) is 3.95. The highest BCUT2D eigenvalue weighted by Gasteiger charge is 2.44. The number of benzene rings is 1. The maximum absolute atomic E-state index is 15.2. The summed E-state index contributed by atoms with van der Waals surface area (Å²) in [6, 6.07) is 6.75. The van der Waals surface area contributed by atoms with Crippen LogP contribution in [0.2, 0.25) is 0 Å². The summed E-state index contributed by atoms with van der Waals surface area (Å²) in [5.41, 5.74) is 2.58. The largest absolute Gasteiger partial charge is 0.345 e. The number of aromatic nitrogens is 2. The number of carbonyl (C=O) groups is 1. The van der Waals surface area contributed by atoms with Crippen molar-refractivity contribution in [1.29, 1.82) is 5.41 Å². The van der Waals surface area contributed by atoms with Crippen LogP contribution in [-0.2, 0) is 12.1 Å². The molecular weight excluding hydrogens is 492 g/mol. The van der Waals surface area contributed by atoms with Crippen molar-refractivity contribution in [2.75, 3.05) is 18.9 Å². The Balaban J connectivity index is 1.53. The maximum Gasteiger partial charge on any atom is 0.274 e. The van der Waals surface area contributed by atoms with Gasteiger partial charge in [0.2, 0.25) is 5.96 Å². The van der Waals surface area contributed by atoms with Gasteiger partial charge in [-0.1, -0.05) is 0 Å². The van der Waals surface area contributed by atoms with E-state index in [0.717, 1.165) is 18.0 Å². The van der Waals surface area contributed by atoms with Crippen molar-refractivity contribution in [3.8, 4) is 0 Å². The standard InChI is InChI=1S/C23H25F2N7OS2/c1-23(20(35-32(2)22(26)31-23)7-8-27-11-16-12-34-13-29-16)17-9-15(4-5-18(17)25)30-21(33)19-6-3-14(24)10-28-19/h3-6,9-10,12-13,20,27H,7-8,11H2,1-2H3,(H2,26,31)(H,30,33)/t20-,23+/m0/s1. The first-order valence-corrected chi connectivity index (χ1v) is 12.6. The molecule has 1 aliphatic rings. The number of rotatable bonds is 8. The number of nitrogens with zero attached hydrogens (tertiary/aromatic N) is 3. The molecule has 0 bridgehead atoms. The van der Waals surface area contributed by atoms with Crippen molar-refractivity contribution in [3.05, 3.63) is 76.0 Å². The summed E-state index contributed by atoms with van der Waals surface area (Å²) in [6.45, 7) is 3.17. The highest BCUT2D eigenvalue weighted by molar-refractivity contribution is 7.98. The number of hydrogen-bond donors (Lipinski definition) is 4. The van der Waals surface area contributed by atoms with Crippen LogP contribution in [0.25, 0.3) is 0 Å².